The number of epoxide rings is 1. The Hall–Kier alpha value is -0.830. The first-order chi connectivity index (χ1) is 6.54. The van der Waals surface area contributed by atoms with Crippen molar-refractivity contribution in [2.45, 2.75) is 52.4 Å². The molecule has 0 aromatic rings. The Kier molecular flexibility index (Phi) is 3.32. The van der Waals surface area contributed by atoms with Crippen molar-refractivity contribution < 1.29 is 14.3 Å². The van der Waals surface area contributed by atoms with Crippen LogP contribution in [0.2, 0.25) is 0 Å². The monoisotopic (exact) mass is 198 g/mol. The second-order valence-corrected chi connectivity index (χ2v) is 3.69. The minimum atomic E-state index is -0.637. The molecule has 3 nitrogen and oxygen atoms in total. The second kappa shape index (κ2) is 4.13. The molecule has 0 spiro atoms. The van der Waals surface area contributed by atoms with E-state index in [0.717, 1.165) is 12.0 Å². The maximum Gasteiger partial charge on any atom is 0.333 e. The van der Waals surface area contributed by atoms with Crippen molar-refractivity contribution in [3.8, 4) is 0 Å². The number of carbonyl (C=O) groups excluding carboxylic acids is 1. The Morgan fingerprint density at radius 1 is 1.57 bits per heavy atom. The molecule has 0 amide bonds. The summed E-state index contributed by atoms with van der Waals surface area (Å²) in [4.78, 5) is 11.4. The summed E-state index contributed by atoms with van der Waals surface area (Å²) in [7, 11) is 0. The highest BCUT2D eigenvalue weighted by Gasteiger charge is 2.55. The molecule has 14 heavy (non-hydrogen) atoms. The fourth-order valence-electron chi connectivity index (χ4n) is 1.32. The highest BCUT2D eigenvalue weighted by atomic mass is 16.8. The van der Waals surface area contributed by atoms with Gasteiger partial charge >= 0.3 is 5.97 Å². The van der Waals surface area contributed by atoms with E-state index < -0.39 is 5.79 Å². The Morgan fingerprint density at radius 3 is 2.50 bits per heavy atom. The van der Waals surface area contributed by atoms with Crippen LogP contribution in [0.1, 0.15) is 40.5 Å². The van der Waals surface area contributed by atoms with Gasteiger partial charge in [-0.2, -0.15) is 0 Å². The minimum Gasteiger partial charge on any atom is -0.427 e. The lowest BCUT2D eigenvalue weighted by atomic mass is 10.2. The molecule has 1 fully saturated rings. The van der Waals surface area contributed by atoms with E-state index in [1.54, 1.807) is 0 Å². The third-order valence-corrected chi connectivity index (χ3v) is 2.63. The van der Waals surface area contributed by atoms with Gasteiger partial charge in [-0.1, -0.05) is 19.4 Å². The van der Waals surface area contributed by atoms with Crippen molar-refractivity contribution in [3.05, 3.63) is 11.6 Å². The molecule has 0 aromatic carbocycles. The lowest BCUT2D eigenvalue weighted by Gasteiger charge is -2.09. The first-order valence-electron chi connectivity index (χ1n) is 5.12. The van der Waals surface area contributed by atoms with Gasteiger partial charge in [0.1, 0.15) is 6.10 Å². The third-order valence-electron chi connectivity index (χ3n) is 2.63. The van der Waals surface area contributed by atoms with Gasteiger partial charge in [-0.25, -0.2) is 4.79 Å². The van der Waals surface area contributed by atoms with Crippen LogP contribution >= 0.6 is 0 Å². The predicted molar refractivity (Wildman–Crippen MR) is 53.7 cm³/mol. The van der Waals surface area contributed by atoms with Crippen molar-refractivity contribution in [3.63, 3.8) is 0 Å². The molecule has 0 aromatic heterocycles. The van der Waals surface area contributed by atoms with E-state index in [-0.39, 0.29) is 12.1 Å². The molecule has 1 aliphatic rings. The Labute approximate surface area is 85.1 Å². The summed E-state index contributed by atoms with van der Waals surface area (Å²) >= 11 is 0. The van der Waals surface area contributed by atoms with Gasteiger partial charge in [0.05, 0.1) is 0 Å². The smallest absolute Gasteiger partial charge is 0.333 e. The number of carbonyl (C=O) groups is 1. The molecule has 0 aliphatic carbocycles. The zero-order valence-electron chi connectivity index (χ0n) is 9.29. The number of rotatable bonds is 4. The van der Waals surface area contributed by atoms with Gasteiger partial charge in [-0.3, -0.25) is 0 Å². The lowest BCUT2D eigenvalue weighted by Crippen LogP contribution is -2.21. The number of ether oxygens (including phenoxy) is 2. The first kappa shape index (κ1) is 11.2. The molecule has 0 bridgehead atoms. The van der Waals surface area contributed by atoms with Crippen LogP contribution in [0, 0.1) is 0 Å². The highest BCUT2D eigenvalue weighted by Crippen LogP contribution is 2.40. The summed E-state index contributed by atoms with van der Waals surface area (Å²) in [5, 5.41) is 0. The Morgan fingerprint density at radius 2 is 2.14 bits per heavy atom. The van der Waals surface area contributed by atoms with Crippen LogP contribution in [0.3, 0.4) is 0 Å². The van der Waals surface area contributed by atoms with E-state index in [0.29, 0.717) is 6.42 Å². The van der Waals surface area contributed by atoms with Crippen LogP contribution in [0.4, 0.5) is 0 Å². The summed E-state index contributed by atoms with van der Waals surface area (Å²) in [6.07, 6.45) is 3.14. The first-order valence-corrected chi connectivity index (χ1v) is 5.12. The molecular formula is C11H18O3. The van der Waals surface area contributed by atoms with Gasteiger partial charge in [0.25, 0.3) is 0 Å². The maximum atomic E-state index is 11.4. The van der Waals surface area contributed by atoms with Gasteiger partial charge < -0.3 is 9.47 Å². The summed E-state index contributed by atoms with van der Waals surface area (Å²) in [6.45, 7) is 7.78. The van der Waals surface area contributed by atoms with E-state index in [4.69, 9.17) is 9.47 Å². The quantitative estimate of drug-likeness (QED) is 0.395. The fraction of sp³-hybridized carbons (Fsp3) is 0.727. The van der Waals surface area contributed by atoms with Crippen LogP contribution in [0.5, 0.6) is 0 Å². The van der Waals surface area contributed by atoms with E-state index in [1.807, 2.05) is 27.7 Å². The molecule has 2 unspecified atom stereocenters. The molecule has 0 saturated carbocycles. The van der Waals surface area contributed by atoms with E-state index in [9.17, 15) is 4.79 Å². The van der Waals surface area contributed by atoms with Gasteiger partial charge in [0.15, 0.2) is 0 Å². The van der Waals surface area contributed by atoms with Crippen molar-refractivity contribution in [1.29, 1.82) is 0 Å². The summed E-state index contributed by atoms with van der Waals surface area (Å²) in [5.74, 6) is -0.933. The Balaban J connectivity index is 2.49. The fourth-order valence-corrected chi connectivity index (χ4v) is 1.32. The van der Waals surface area contributed by atoms with Crippen molar-refractivity contribution in [1.82, 2.24) is 0 Å². The molecule has 2 atom stereocenters. The molecule has 1 rings (SSSR count). The van der Waals surface area contributed by atoms with Crippen LogP contribution < -0.4 is 0 Å². The average Bonchev–Trinajstić information content (AvgIpc) is 2.76. The summed E-state index contributed by atoms with van der Waals surface area (Å²) in [5.41, 5.74) is 1.02. The number of esters is 1. The molecule has 0 N–H and O–H groups in total. The van der Waals surface area contributed by atoms with Crippen molar-refractivity contribution in [2.24, 2.45) is 0 Å². The number of hydrogen-bond donors (Lipinski definition) is 0. The minimum absolute atomic E-state index is 0.0341. The van der Waals surface area contributed by atoms with Gasteiger partial charge in [-0.15, -0.1) is 0 Å². The molecule has 80 valence electrons. The van der Waals surface area contributed by atoms with Crippen molar-refractivity contribution >= 4 is 5.97 Å². The number of allylic oxidation sites excluding steroid dienone is 1. The van der Waals surface area contributed by atoms with E-state index >= 15 is 0 Å². The van der Waals surface area contributed by atoms with E-state index in [1.165, 1.54) is 6.08 Å². The molecule has 1 saturated heterocycles. The summed E-state index contributed by atoms with van der Waals surface area (Å²) < 4.78 is 10.5. The lowest BCUT2D eigenvalue weighted by molar-refractivity contribution is -0.153. The largest absolute Gasteiger partial charge is 0.427 e. The van der Waals surface area contributed by atoms with Crippen LogP contribution in [-0.4, -0.2) is 17.9 Å². The van der Waals surface area contributed by atoms with E-state index in [2.05, 4.69) is 0 Å². The topological polar surface area (TPSA) is 38.8 Å². The van der Waals surface area contributed by atoms with Gasteiger partial charge in [0, 0.05) is 12.5 Å². The SMILES string of the molecule is CCC(C)=CC(=O)OC1(CC)OC1C. The predicted octanol–water partition coefficient (Wildman–Crippen LogP) is 2.41. The second-order valence-electron chi connectivity index (χ2n) is 3.69. The van der Waals surface area contributed by atoms with Crippen molar-refractivity contribution in [2.75, 3.05) is 0 Å². The zero-order chi connectivity index (χ0) is 10.8. The summed E-state index contributed by atoms with van der Waals surface area (Å²) in [6, 6.07) is 0. The molecule has 1 aliphatic heterocycles. The van der Waals surface area contributed by atoms with Crippen LogP contribution in [-0.2, 0) is 14.3 Å². The van der Waals surface area contributed by atoms with Gasteiger partial charge in [-0.05, 0) is 20.3 Å². The van der Waals surface area contributed by atoms with Crippen LogP contribution in [0.25, 0.3) is 0 Å². The standard InChI is InChI=1S/C11H18O3/c1-5-8(3)7-10(12)14-11(6-2)9(4)13-11/h7,9H,5-6H2,1-4H3. The molecular weight excluding hydrogens is 180 g/mol. The average molecular weight is 198 g/mol. The molecule has 1 heterocycles. The molecule has 3 heteroatoms. The maximum absolute atomic E-state index is 11.4. The zero-order valence-corrected chi connectivity index (χ0v) is 9.29. The number of hydrogen-bond acceptors (Lipinski definition) is 3. The third kappa shape index (κ3) is 2.35. The van der Waals surface area contributed by atoms with Crippen LogP contribution in [0.15, 0.2) is 11.6 Å². The highest BCUT2D eigenvalue weighted by molar-refractivity contribution is 5.83. The molecule has 0 radical (unpaired) electrons. The van der Waals surface area contributed by atoms with Gasteiger partial charge in [0.2, 0.25) is 5.79 Å². The Bertz CT molecular complexity index is 253. The normalized spacial score (nSPS) is 31.4.